The number of hydrogen-bond donors (Lipinski definition) is 2. The predicted octanol–water partition coefficient (Wildman–Crippen LogP) is 24.1. The van der Waals surface area contributed by atoms with Gasteiger partial charge in [-0.3, -0.25) is 18.6 Å². The van der Waals surface area contributed by atoms with Crippen LogP contribution in [0.2, 0.25) is 0 Å². The summed E-state index contributed by atoms with van der Waals surface area (Å²) in [7, 11) is -4.40. The Morgan fingerprint density at radius 3 is 0.943 bits per heavy atom. The lowest BCUT2D eigenvalue weighted by atomic mass is 10.0. The molecule has 0 aromatic carbocycles. The summed E-state index contributed by atoms with van der Waals surface area (Å²) in [5.41, 5.74) is 5.41. The highest BCUT2D eigenvalue weighted by Gasteiger charge is 2.26. The highest BCUT2D eigenvalue weighted by molar-refractivity contribution is 7.47. The van der Waals surface area contributed by atoms with Crippen molar-refractivity contribution in [1.29, 1.82) is 0 Å². The lowest BCUT2D eigenvalue weighted by Gasteiger charge is -2.19. The van der Waals surface area contributed by atoms with E-state index in [2.05, 4.69) is 123 Å². The first kappa shape index (κ1) is 83.7. The Bertz CT molecular complexity index is 1800. The molecule has 87 heavy (non-hydrogen) atoms. The van der Waals surface area contributed by atoms with Crippen molar-refractivity contribution in [3.63, 3.8) is 0 Å². The van der Waals surface area contributed by atoms with Crippen LogP contribution in [0.15, 0.2) is 109 Å². The molecule has 0 aromatic rings. The number of carbonyl (C=O) groups excluding carboxylic acids is 2. The Morgan fingerprint density at radius 2 is 0.632 bits per heavy atom. The van der Waals surface area contributed by atoms with E-state index in [0.717, 1.165) is 89.9 Å². The summed E-state index contributed by atoms with van der Waals surface area (Å²) in [5, 5.41) is 0. The molecule has 0 radical (unpaired) electrons. The van der Waals surface area contributed by atoms with Gasteiger partial charge in [0.25, 0.3) is 0 Å². The Hall–Kier alpha value is -3.33. The zero-order valence-electron chi connectivity index (χ0n) is 56.5. The summed E-state index contributed by atoms with van der Waals surface area (Å²) in [4.78, 5) is 35.4. The Morgan fingerprint density at radius 1 is 0.356 bits per heavy atom. The predicted molar refractivity (Wildman–Crippen MR) is 376 cm³/mol. The zero-order chi connectivity index (χ0) is 63.0. The van der Waals surface area contributed by atoms with Crippen molar-refractivity contribution in [3.8, 4) is 0 Å². The monoisotopic (exact) mass is 1230 g/mol. The SMILES string of the molecule is CC/C=C\C/C=C\C/C=C\C/C=C\C/C=C\C/C=C\CCCCCCCCCCCCCCCCC(=O)OC(COC(=O)CCCCCCCCCCCCCCCCCCCC/C=C\C/C=C\C/C=C\CCCCCCC)COP(=O)(O)OCCN. The van der Waals surface area contributed by atoms with Crippen molar-refractivity contribution in [2.24, 2.45) is 5.73 Å². The smallest absolute Gasteiger partial charge is 0.462 e. The molecule has 0 saturated carbocycles. The number of nitrogens with two attached hydrogens (primary N) is 1. The molecule has 0 amide bonds. The van der Waals surface area contributed by atoms with Gasteiger partial charge in [-0.25, -0.2) is 4.57 Å². The summed E-state index contributed by atoms with van der Waals surface area (Å²) in [6.07, 6.45) is 99.0. The molecule has 2 unspecified atom stereocenters. The molecule has 502 valence electrons. The average molecular weight is 1230 g/mol. The van der Waals surface area contributed by atoms with Crippen LogP contribution in [-0.2, 0) is 32.7 Å². The lowest BCUT2D eigenvalue weighted by Crippen LogP contribution is -2.29. The molecular weight excluding hydrogens is 1100 g/mol. The Labute approximate surface area is 537 Å². The van der Waals surface area contributed by atoms with Gasteiger partial charge in [-0.2, -0.15) is 0 Å². The maximum absolute atomic E-state index is 12.8. The number of hydrogen-bond acceptors (Lipinski definition) is 8. The maximum Gasteiger partial charge on any atom is 0.472 e. The standard InChI is InChI=1S/C77H136NO8P/c1-3-5-7-9-11-13-15-17-19-21-23-25-27-29-31-33-35-37-39-41-43-45-47-49-51-53-55-57-59-61-63-65-67-69-76(79)83-73-75(74-85-87(81,82)84-72-71-78)86-77(80)70-68-66-64-62-60-58-56-54-52-50-48-46-44-42-40-38-36-34-32-30-28-26-24-22-20-18-16-14-12-10-8-6-4-2/h6,8,12,14-15,17-18,20-21,23-24,26-27,29-30,32,36,38,75H,3-5,7,9-11,13,16,19,22,25,28,31,33-35,37,39-74,78H2,1-2H3,(H,81,82)/b8-6-,14-12-,17-15-,20-18-,23-21-,26-24-,29-27-,32-30-,38-36-. The lowest BCUT2D eigenvalue weighted by molar-refractivity contribution is -0.161. The largest absolute Gasteiger partial charge is 0.472 e. The number of esters is 2. The van der Waals surface area contributed by atoms with Crippen LogP contribution in [0, 0.1) is 0 Å². The van der Waals surface area contributed by atoms with Crippen LogP contribution < -0.4 is 5.73 Å². The Balaban J connectivity index is 3.86. The van der Waals surface area contributed by atoms with Gasteiger partial charge in [0.05, 0.1) is 13.2 Å². The summed E-state index contributed by atoms with van der Waals surface area (Å²) in [6.45, 7) is 3.65. The molecular formula is C77H136NO8P. The number of phosphoric ester groups is 1. The van der Waals surface area contributed by atoms with E-state index in [1.165, 1.54) is 212 Å². The highest BCUT2D eigenvalue weighted by Crippen LogP contribution is 2.43. The quantitative estimate of drug-likeness (QED) is 0.0264. The molecule has 0 spiro atoms. The number of rotatable bonds is 68. The minimum absolute atomic E-state index is 0.0508. The van der Waals surface area contributed by atoms with E-state index >= 15 is 0 Å². The van der Waals surface area contributed by atoms with Gasteiger partial charge in [-0.05, 0) is 103 Å². The van der Waals surface area contributed by atoms with Gasteiger partial charge < -0.3 is 20.1 Å². The first-order chi connectivity index (χ1) is 42.8. The third-order valence-electron chi connectivity index (χ3n) is 15.6. The molecule has 9 nitrogen and oxygen atoms in total. The second kappa shape index (κ2) is 71.7. The molecule has 0 aliphatic rings. The molecule has 0 bridgehead atoms. The normalized spacial score (nSPS) is 13.6. The van der Waals surface area contributed by atoms with Crippen molar-refractivity contribution in [1.82, 2.24) is 0 Å². The average Bonchev–Trinajstić information content (AvgIpc) is 3.64. The fourth-order valence-electron chi connectivity index (χ4n) is 10.3. The zero-order valence-corrected chi connectivity index (χ0v) is 57.4. The fraction of sp³-hybridized carbons (Fsp3) is 0.740. The molecule has 3 N–H and O–H groups in total. The third-order valence-corrected chi connectivity index (χ3v) is 16.6. The molecule has 0 heterocycles. The van der Waals surface area contributed by atoms with Gasteiger partial charge >= 0.3 is 19.8 Å². The van der Waals surface area contributed by atoms with Crippen molar-refractivity contribution in [3.05, 3.63) is 109 Å². The number of unbranched alkanes of at least 4 members (excludes halogenated alkanes) is 37. The molecule has 2 atom stereocenters. The van der Waals surface area contributed by atoms with E-state index in [9.17, 15) is 19.0 Å². The summed E-state index contributed by atoms with van der Waals surface area (Å²) in [6, 6.07) is 0. The maximum atomic E-state index is 12.8. The topological polar surface area (TPSA) is 134 Å². The van der Waals surface area contributed by atoms with E-state index in [0.29, 0.717) is 6.42 Å². The molecule has 0 aliphatic heterocycles. The second-order valence-electron chi connectivity index (χ2n) is 24.1. The van der Waals surface area contributed by atoms with Crippen LogP contribution in [0.25, 0.3) is 0 Å². The van der Waals surface area contributed by atoms with Crippen LogP contribution in [0.5, 0.6) is 0 Å². The van der Waals surface area contributed by atoms with E-state index in [-0.39, 0.29) is 38.6 Å². The van der Waals surface area contributed by atoms with Gasteiger partial charge in [0, 0.05) is 19.4 Å². The van der Waals surface area contributed by atoms with Crippen LogP contribution in [0.4, 0.5) is 0 Å². The fourth-order valence-corrected chi connectivity index (χ4v) is 11.1. The highest BCUT2D eigenvalue weighted by atomic mass is 31.2. The first-order valence-electron chi connectivity index (χ1n) is 36.4. The molecule has 0 rings (SSSR count). The summed E-state index contributed by atoms with van der Waals surface area (Å²) >= 11 is 0. The number of ether oxygens (including phenoxy) is 2. The summed E-state index contributed by atoms with van der Waals surface area (Å²) < 4.78 is 33.2. The van der Waals surface area contributed by atoms with Crippen LogP contribution >= 0.6 is 7.82 Å². The number of phosphoric acid groups is 1. The first-order valence-corrected chi connectivity index (χ1v) is 37.9. The van der Waals surface area contributed by atoms with E-state index in [1.54, 1.807) is 0 Å². The van der Waals surface area contributed by atoms with Crippen molar-refractivity contribution in [2.75, 3.05) is 26.4 Å². The third kappa shape index (κ3) is 71.6. The number of allylic oxidation sites excluding steroid dienone is 18. The van der Waals surface area contributed by atoms with Crippen LogP contribution in [0.3, 0.4) is 0 Å². The minimum atomic E-state index is -4.40. The van der Waals surface area contributed by atoms with Crippen molar-refractivity contribution >= 4 is 19.8 Å². The summed E-state index contributed by atoms with van der Waals surface area (Å²) in [5.74, 6) is -0.819. The molecule has 0 saturated heterocycles. The van der Waals surface area contributed by atoms with Gasteiger partial charge in [0.15, 0.2) is 6.10 Å². The molecule has 0 fully saturated rings. The molecule has 0 aromatic heterocycles. The number of carbonyl (C=O) groups is 2. The van der Waals surface area contributed by atoms with E-state index in [1.807, 2.05) is 0 Å². The van der Waals surface area contributed by atoms with Crippen LogP contribution in [-0.4, -0.2) is 49.3 Å². The molecule has 10 heteroatoms. The second-order valence-corrected chi connectivity index (χ2v) is 25.5. The van der Waals surface area contributed by atoms with Gasteiger partial charge in [0.2, 0.25) is 0 Å². The van der Waals surface area contributed by atoms with Crippen LogP contribution in [0.1, 0.15) is 335 Å². The van der Waals surface area contributed by atoms with Gasteiger partial charge in [0.1, 0.15) is 6.61 Å². The van der Waals surface area contributed by atoms with Crippen molar-refractivity contribution in [2.45, 2.75) is 341 Å². The van der Waals surface area contributed by atoms with Gasteiger partial charge in [-0.15, -0.1) is 0 Å². The van der Waals surface area contributed by atoms with Crippen molar-refractivity contribution < 1.29 is 37.6 Å². The van der Waals surface area contributed by atoms with Gasteiger partial charge in [-0.1, -0.05) is 329 Å². The van der Waals surface area contributed by atoms with E-state index < -0.39 is 26.5 Å². The molecule has 0 aliphatic carbocycles. The minimum Gasteiger partial charge on any atom is -0.462 e. The Kier molecular flexibility index (Phi) is 69.0. The van der Waals surface area contributed by atoms with E-state index in [4.69, 9.17) is 24.3 Å².